The fourth-order valence-electron chi connectivity index (χ4n) is 1.38. The maximum Gasteiger partial charge on any atom is 0.325 e. The topological polar surface area (TPSA) is 86.5 Å². The first kappa shape index (κ1) is 13.9. The van der Waals surface area contributed by atoms with Crippen LogP contribution in [-0.4, -0.2) is 54.2 Å². The molecule has 1 rings (SSSR count). The van der Waals surface area contributed by atoms with Crippen LogP contribution in [0.15, 0.2) is 6.20 Å². The van der Waals surface area contributed by atoms with Gasteiger partial charge < -0.3 is 14.4 Å². The summed E-state index contributed by atoms with van der Waals surface area (Å²) in [5.74, 6) is -0.348. The Morgan fingerprint density at radius 2 is 1.83 bits per heavy atom. The predicted molar refractivity (Wildman–Crippen MR) is 61.9 cm³/mol. The largest absolute Gasteiger partial charge is 0.468 e. The maximum atomic E-state index is 11.3. The van der Waals surface area contributed by atoms with Gasteiger partial charge in [0, 0.05) is 6.54 Å². The van der Waals surface area contributed by atoms with Crippen molar-refractivity contribution in [2.75, 3.05) is 32.2 Å². The van der Waals surface area contributed by atoms with Gasteiger partial charge in [0.2, 0.25) is 0 Å². The number of aryl methyl sites for hydroxylation is 1. The van der Waals surface area contributed by atoms with Crippen molar-refractivity contribution in [3.63, 3.8) is 0 Å². The van der Waals surface area contributed by atoms with Crippen molar-refractivity contribution in [1.82, 2.24) is 15.0 Å². The first-order valence-corrected chi connectivity index (χ1v) is 5.39. The first-order chi connectivity index (χ1) is 8.62. The van der Waals surface area contributed by atoms with Crippen LogP contribution in [0.4, 0.5) is 5.82 Å². The van der Waals surface area contributed by atoms with Crippen LogP contribution in [0.1, 0.15) is 6.92 Å². The van der Waals surface area contributed by atoms with Crippen LogP contribution in [0.25, 0.3) is 0 Å². The lowest BCUT2D eigenvalue weighted by molar-refractivity contribution is -0.140. The molecule has 0 aromatic carbocycles. The fourth-order valence-corrected chi connectivity index (χ4v) is 1.38. The highest BCUT2D eigenvalue weighted by Gasteiger charge is 2.19. The van der Waals surface area contributed by atoms with Crippen LogP contribution >= 0.6 is 0 Å². The van der Waals surface area contributed by atoms with Gasteiger partial charge >= 0.3 is 11.9 Å². The third-order valence-corrected chi connectivity index (χ3v) is 2.32. The maximum absolute atomic E-state index is 11.3. The van der Waals surface area contributed by atoms with E-state index in [1.165, 1.54) is 25.3 Å². The minimum atomic E-state index is -0.456. The van der Waals surface area contributed by atoms with E-state index in [0.717, 1.165) is 0 Å². The Labute approximate surface area is 104 Å². The summed E-state index contributed by atoms with van der Waals surface area (Å²) >= 11 is 0. The lowest BCUT2D eigenvalue weighted by Crippen LogP contribution is -2.37. The van der Waals surface area contributed by atoms with Crippen LogP contribution in [0, 0.1) is 0 Å². The van der Waals surface area contributed by atoms with Crippen molar-refractivity contribution >= 4 is 17.8 Å². The van der Waals surface area contributed by atoms with Crippen LogP contribution in [-0.2, 0) is 25.6 Å². The van der Waals surface area contributed by atoms with Crippen molar-refractivity contribution in [3.05, 3.63) is 6.20 Å². The molecule has 0 atom stereocenters. The molecule has 0 fully saturated rings. The van der Waals surface area contributed by atoms with Crippen molar-refractivity contribution in [2.24, 2.45) is 0 Å². The first-order valence-electron chi connectivity index (χ1n) is 5.39. The Kier molecular flexibility index (Phi) is 5.09. The van der Waals surface area contributed by atoms with E-state index in [9.17, 15) is 9.59 Å². The summed E-state index contributed by atoms with van der Waals surface area (Å²) in [5, 5.41) is 7.59. The SMILES string of the molecule is CCn1nncc1N(CC(=O)OC)CC(=O)OC. The predicted octanol–water partition coefficient (Wildman–Crippen LogP) is -0.550. The summed E-state index contributed by atoms with van der Waals surface area (Å²) in [5.41, 5.74) is 0. The number of carbonyl (C=O) groups excluding carboxylic acids is 2. The van der Waals surface area contributed by atoms with Crippen LogP contribution in [0.3, 0.4) is 0 Å². The third kappa shape index (κ3) is 3.44. The van der Waals surface area contributed by atoms with Gasteiger partial charge in [0.15, 0.2) is 0 Å². The van der Waals surface area contributed by atoms with E-state index in [-0.39, 0.29) is 13.1 Å². The van der Waals surface area contributed by atoms with Gasteiger partial charge in [-0.3, -0.25) is 9.59 Å². The van der Waals surface area contributed by atoms with Gasteiger partial charge in [-0.2, -0.15) is 0 Å². The summed E-state index contributed by atoms with van der Waals surface area (Å²) in [6.45, 7) is 2.32. The van der Waals surface area contributed by atoms with Crippen molar-refractivity contribution in [3.8, 4) is 0 Å². The van der Waals surface area contributed by atoms with Gasteiger partial charge in [-0.05, 0) is 6.92 Å². The summed E-state index contributed by atoms with van der Waals surface area (Å²) in [6, 6.07) is 0. The van der Waals surface area contributed by atoms with Gasteiger partial charge in [0.1, 0.15) is 18.9 Å². The van der Waals surface area contributed by atoms with E-state index in [1.54, 1.807) is 4.68 Å². The molecule has 0 N–H and O–H groups in total. The molecular formula is C10H16N4O4. The summed E-state index contributed by atoms with van der Waals surface area (Å²) in [6.07, 6.45) is 1.48. The molecule has 8 heteroatoms. The average Bonchev–Trinajstić information content (AvgIpc) is 2.85. The molecule has 0 aliphatic carbocycles. The normalized spacial score (nSPS) is 9.94. The second-order valence-electron chi connectivity index (χ2n) is 3.42. The highest BCUT2D eigenvalue weighted by molar-refractivity contribution is 5.80. The van der Waals surface area contributed by atoms with Gasteiger partial charge in [0.25, 0.3) is 0 Å². The molecule has 0 bridgehead atoms. The quantitative estimate of drug-likeness (QED) is 0.631. The summed E-state index contributed by atoms with van der Waals surface area (Å²) in [7, 11) is 2.57. The second-order valence-corrected chi connectivity index (χ2v) is 3.42. The average molecular weight is 256 g/mol. The molecule has 1 aromatic rings. The number of methoxy groups -OCH3 is 2. The van der Waals surface area contributed by atoms with Crippen molar-refractivity contribution < 1.29 is 19.1 Å². The highest BCUT2D eigenvalue weighted by atomic mass is 16.5. The number of aromatic nitrogens is 3. The van der Waals surface area contributed by atoms with Crippen molar-refractivity contribution in [2.45, 2.75) is 13.5 Å². The zero-order chi connectivity index (χ0) is 13.5. The Morgan fingerprint density at radius 1 is 1.28 bits per heavy atom. The molecule has 0 radical (unpaired) electrons. The minimum Gasteiger partial charge on any atom is -0.468 e. The molecule has 1 aromatic heterocycles. The summed E-state index contributed by atoms with van der Waals surface area (Å²) < 4.78 is 10.7. The minimum absolute atomic E-state index is 0.0705. The van der Waals surface area contributed by atoms with Crippen LogP contribution in [0.5, 0.6) is 0 Å². The molecule has 100 valence electrons. The zero-order valence-corrected chi connectivity index (χ0v) is 10.6. The number of nitrogens with zero attached hydrogens (tertiary/aromatic N) is 4. The number of carbonyl (C=O) groups is 2. The molecule has 1 heterocycles. The van der Waals surface area contributed by atoms with E-state index in [1.807, 2.05) is 6.92 Å². The molecule has 8 nitrogen and oxygen atoms in total. The summed E-state index contributed by atoms with van der Waals surface area (Å²) in [4.78, 5) is 24.1. The van der Waals surface area contributed by atoms with E-state index < -0.39 is 11.9 Å². The monoisotopic (exact) mass is 256 g/mol. The molecule has 0 unspecified atom stereocenters. The Balaban J connectivity index is 2.89. The van der Waals surface area contributed by atoms with E-state index in [0.29, 0.717) is 12.4 Å². The van der Waals surface area contributed by atoms with Gasteiger partial charge in [-0.15, -0.1) is 5.10 Å². The molecule has 0 aliphatic heterocycles. The number of anilines is 1. The molecule has 18 heavy (non-hydrogen) atoms. The lowest BCUT2D eigenvalue weighted by atomic mass is 10.4. The molecule has 0 saturated heterocycles. The number of hydrogen-bond acceptors (Lipinski definition) is 7. The zero-order valence-electron chi connectivity index (χ0n) is 10.6. The Bertz CT molecular complexity index is 400. The number of esters is 2. The number of rotatable bonds is 6. The fraction of sp³-hybridized carbons (Fsp3) is 0.600. The van der Waals surface area contributed by atoms with Crippen molar-refractivity contribution in [1.29, 1.82) is 0 Å². The molecule has 0 amide bonds. The smallest absolute Gasteiger partial charge is 0.325 e. The second kappa shape index (κ2) is 6.58. The third-order valence-electron chi connectivity index (χ3n) is 2.32. The highest BCUT2D eigenvalue weighted by Crippen LogP contribution is 2.11. The molecule has 0 aliphatic rings. The lowest BCUT2D eigenvalue weighted by Gasteiger charge is -2.21. The van der Waals surface area contributed by atoms with Crippen LogP contribution < -0.4 is 4.90 Å². The van der Waals surface area contributed by atoms with Gasteiger partial charge in [-0.1, -0.05) is 5.21 Å². The Morgan fingerprint density at radius 3 is 2.28 bits per heavy atom. The molecular weight excluding hydrogens is 240 g/mol. The van der Waals surface area contributed by atoms with Crippen LogP contribution in [0.2, 0.25) is 0 Å². The standard InChI is InChI=1S/C10H16N4O4/c1-4-14-8(5-11-12-14)13(6-9(15)17-2)7-10(16)18-3/h5H,4,6-7H2,1-3H3. The number of ether oxygens (including phenoxy) is 2. The number of hydrogen-bond donors (Lipinski definition) is 0. The van der Waals surface area contributed by atoms with E-state index in [4.69, 9.17) is 0 Å². The molecule has 0 spiro atoms. The van der Waals surface area contributed by atoms with Gasteiger partial charge in [0.05, 0.1) is 20.4 Å². The molecule has 0 saturated carbocycles. The Hall–Kier alpha value is -2.12. The van der Waals surface area contributed by atoms with Gasteiger partial charge in [-0.25, -0.2) is 4.68 Å². The van der Waals surface area contributed by atoms with E-state index in [2.05, 4.69) is 19.8 Å². The van der Waals surface area contributed by atoms with E-state index >= 15 is 0 Å².